The lowest BCUT2D eigenvalue weighted by molar-refractivity contribution is -0.0749. The van der Waals surface area contributed by atoms with Crippen LogP contribution >= 0.6 is 0 Å². The third-order valence-corrected chi connectivity index (χ3v) is 3.55. The lowest BCUT2D eigenvalue weighted by Crippen LogP contribution is -2.41. The van der Waals surface area contributed by atoms with Gasteiger partial charge in [-0.25, -0.2) is 13.6 Å². The Labute approximate surface area is 106 Å². The third kappa shape index (κ3) is 2.30. The predicted octanol–water partition coefficient (Wildman–Crippen LogP) is 1.85. The number of halogens is 2. The number of nitrogens with zero attached hydrogens (tertiary/aromatic N) is 1. The largest absolute Gasteiger partial charge is 0.444 e. The molecule has 0 bridgehead atoms. The van der Waals surface area contributed by atoms with E-state index in [1.807, 2.05) is 0 Å². The highest BCUT2D eigenvalue weighted by molar-refractivity contribution is 5.69. The van der Waals surface area contributed by atoms with Gasteiger partial charge in [-0.1, -0.05) is 0 Å². The second-order valence-corrected chi connectivity index (χ2v) is 6.25. The SMILES string of the molecule is CC(C)(C)OC(=O)N1CC(F)(F)C2(CCNC2)C1. The lowest BCUT2D eigenvalue weighted by Gasteiger charge is -2.28. The highest BCUT2D eigenvalue weighted by Gasteiger charge is 2.62. The molecule has 2 aliphatic rings. The van der Waals surface area contributed by atoms with Gasteiger partial charge in [0.25, 0.3) is 5.92 Å². The minimum Gasteiger partial charge on any atom is -0.444 e. The normalized spacial score (nSPS) is 31.1. The van der Waals surface area contributed by atoms with Crippen LogP contribution in [0.2, 0.25) is 0 Å². The Kier molecular flexibility index (Phi) is 3.04. The zero-order valence-corrected chi connectivity index (χ0v) is 11.1. The number of rotatable bonds is 0. The molecular weight excluding hydrogens is 242 g/mol. The fraction of sp³-hybridized carbons (Fsp3) is 0.917. The van der Waals surface area contributed by atoms with E-state index in [2.05, 4.69) is 5.32 Å². The molecule has 1 N–H and O–H groups in total. The molecule has 0 aromatic rings. The monoisotopic (exact) mass is 262 g/mol. The topological polar surface area (TPSA) is 41.6 Å². The van der Waals surface area contributed by atoms with Crippen LogP contribution in [-0.2, 0) is 4.74 Å². The maximum Gasteiger partial charge on any atom is 0.410 e. The second-order valence-electron chi connectivity index (χ2n) is 6.25. The van der Waals surface area contributed by atoms with Gasteiger partial charge in [0.2, 0.25) is 0 Å². The van der Waals surface area contributed by atoms with E-state index in [4.69, 9.17) is 4.74 Å². The molecule has 0 aromatic heterocycles. The van der Waals surface area contributed by atoms with Crippen molar-refractivity contribution in [2.24, 2.45) is 5.41 Å². The summed E-state index contributed by atoms with van der Waals surface area (Å²) in [5.74, 6) is -2.84. The van der Waals surface area contributed by atoms with E-state index >= 15 is 0 Å². The number of carbonyl (C=O) groups is 1. The number of nitrogens with one attached hydrogen (secondary N) is 1. The van der Waals surface area contributed by atoms with Crippen LogP contribution in [-0.4, -0.2) is 48.7 Å². The smallest absolute Gasteiger partial charge is 0.410 e. The molecule has 2 aliphatic heterocycles. The van der Waals surface area contributed by atoms with Crippen molar-refractivity contribution in [3.63, 3.8) is 0 Å². The second kappa shape index (κ2) is 4.05. The lowest BCUT2D eigenvalue weighted by atomic mass is 9.83. The van der Waals surface area contributed by atoms with Gasteiger partial charge in [-0.15, -0.1) is 0 Å². The first-order chi connectivity index (χ1) is 8.15. The first kappa shape index (κ1) is 13.5. The number of likely N-dealkylation sites (tertiary alicyclic amines) is 1. The molecule has 104 valence electrons. The van der Waals surface area contributed by atoms with E-state index in [-0.39, 0.29) is 13.1 Å². The maximum atomic E-state index is 14.1. The summed E-state index contributed by atoms with van der Waals surface area (Å²) in [5.41, 5.74) is -1.76. The van der Waals surface area contributed by atoms with E-state index in [1.54, 1.807) is 20.8 Å². The van der Waals surface area contributed by atoms with Crippen molar-refractivity contribution in [3.05, 3.63) is 0 Å². The summed E-state index contributed by atoms with van der Waals surface area (Å²) in [5, 5.41) is 2.96. The molecule has 2 saturated heterocycles. The maximum absolute atomic E-state index is 14.1. The molecule has 1 amide bonds. The first-order valence-corrected chi connectivity index (χ1v) is 6.22. The van der Waals surface area contributed by atoms with Crippen LogP contribution in [0.25, 0.3) is 0 Å². The minimum absolute atomic E-state index is 0.0713. The fourth-order valence-electron chi connectivity index (χ4n) is 2.59. The molecule has 1 spiro atoms. The van der Waals surface area contributed by atoms with Gasteiger partial charge in [-0.05, 0) is 33.7 Å². The summed E-state index contributed by atoms with van der Waals surface area (Å²) in [7, 11) is 0. The van der Waals surface area contributed by atoms with Gasteiger partial charge < -0.3 is 15.0 Å². The Morgan fingerprint density at radius 3 is 2.50 bits per heavy atom. The molecule has 2 rings (SSSR count). The van der Waals surface area contributed by atoms with Crippen molar-refractivity contribution in [2.45, 2.75) is 38.7 Å². The van der Waals surface area contributed by atoms with Crippen LogP contribution in [0.1, 0.15) is 27.2 Å². The zero-order valence-electron chi connectivity index (χ0n) is 11.1. The molecule has 0 aliphatic carbocycles. The molecule has 18 heavy (non-hydrogen) atoms. The number of carbonyl (C=O) groups excluding carboxylic acids is 1. The van der Waals surface area contributed by atoms with Crippen molar-refractivity contribution in [1.29, 1.82) is 0 Å². The molecule has 6 heteroatoms. The molecule has 0 saturated carbocycles. The van der Waals surface area contributed by atoms with Gasteiger partial charge in [0, 0.05) is 13.1 Å². The number of amides is 1. The first-order valence-electron chi connectivity index (χ1n) is 6.22. The predicted molar refractivity (Wildman–Crippen MR) is 62.7 cm³/mol. The summed E-state index contributed by atoms with van der Waals surface area (Å²) in [6.07, 6.45) is -0.245. The summed E-state index contributed by atoms with van der Waals surface area (Å²) >= 11 is 0. The Morgan fingerprint density at radius 2 is 2.00 bits per heavy atom. The van der Waals surface area contributed by atoms with Gasteiger partial charge in [0.15, 0.2) is 0 Å². The molecule has 0 aromatic carbocycles. The molecule has 4 nitrogen and oxygen atoms in total. The van der Waals surface area contributed by atoms with Gasteiger partial charge in [-0.2, -0.15) is 0 Å². The Balaban J connectivity index is 2.08. The van der Waals surface area contributed by atoms with Gasteiger partial charge in [0.1, 0.15) is 5.60 Å². The minimum atomic E-state index is -2.84. The third-order valence-electron chi connectivity index (χ3n) is 3.55. The van der Waals surface area contributed by atoms with Gasteiger partial charge in [-0.3, -0.25) is 0 Å². The van der Waals surface area contributed by atoms with Crippen LogP contribution in [0.15, 0.2) is 0 Å². The molecule has 1 atom stereocenters. The Bertz CT molecular complexity index is 346. The van der Waals surface area contributed by atoms with E-state index in [1.165, 1.54) is 0 Å². The van der Waals surface area contributed by atoms with E-state index in [0.29, 0.717) is 13.0 Å². The van der Waals surface area contributed by atoms with Crippen LogP contribution in [0.3, 0.4) is 0 Å². The highest BCUT2D eigenvalue weighted by Crippen LogP contribution is 2.47. The summed E-state index contributed by atoms with van der Waals surface area (Å²) < 4.78 is 33.3. The molecule has 2 fully saturated rings. The summed E-state index contributed by atoms with van der Waals surface area (Å²) in [6, 6.07) is 0. The van der Waals surface area contributed by atoms with Crippen LogP contribution in [0.4, 0.5) is 13.6 Å². The van der Waals surface area contributed by atoms with Crippen LogP contribution in [0.5, 0.6) is 0 Å². The Hall–Kier alpha value is -0.910. The number of hydrogen-bond acceptors (Lipinski definition) is 3. The summed E-state index contributed by atoms with van der Waals surface area (Å²) in [4.78, 5) is 13.0. The van der Waals surface area contributed by atoms with Crippen molar-refractivity contribution in [2.75, 3.05) is 26.2 Å². The molecule has 0 radical (unpaired) electrons. The van der Waals surface area contributed by atoms with Crippen molar-refractivity contribution < 1.29 is 18.3 Å². The van der Waals surface area contributed by atoms with Gasteiger partial charge >= 0.3 is 6.09 Å². The molecule has 1 unspecified atom stereocenters. The average molecular weight is 262 g/mol. The highest BCUT2D eigenvalue weighted by atomic mass is 19.3. The standard InChI is InChI=1S/C12H20F2N2O2/c1-10(2,3)18-9(17)16-7-11(4-5-15-6-11)12(13,14)8-16/h15H,4-8H2,1-3H3. The zero-order chi connectivity index (χ0) is 13.6. The molecule has 2 heterocycles. The average Bonchev–Trinajstić information content (AvgIpc) is 2.72. The van der Waals surface area contributed by atoms with E-state index in [0.717, 1.165) is 4.90 Å². The van der Waals surface area contributed by atoms with Crippen LogP contribution < -0.4 is 5.32 Å². The van der Waals surface area contributed by atoms with Crippen molar-refractivity contribution in [3.8, 4) is 0 Å². The van der Waals surface area contributed by atoms with Crippen LogP contribution in [0, 0.1) is 5.41 Å². The van der Waals surface area contributed by atoms with Gasteiger partial charge in [0.05, 0.1) is 12.0 Å². The van der Waals surface area contributed by atoms with E-state index < -0.39 is 29.6 Å². The quantitative estimate of drug-likeness (QED) is 0.724. The number of alkyl halides is 2. The van der Waals surface area contributed by atoms with Crippen molar-refractivity contribution >= 4 is 6.09 Å². The van der Waals surface area contributed by atoms with Crippen molar-refractivity contribution in [1.82, 2.24) is 10.2 Å². The fourth-order valence-corrected chi connectivity index (χ4v) is 2.59. The Morgan fingerprint density at radius 1 is 1.33 bits per heavy atom. The number of ether oxygens (including phenoxy) is 1. The van der Waals surface area contributed by atoms with E-state index in [9.17, 15) is 13.6 Å². The number of hydrogen-bond donors (Lipinski definition) is 1. The molecular formula is C12H20F2N2O2. The summed E-state index contributed by atoms with van der Waals surface area (Å²) in [6.45, 7) is 5.56.